The standard InChI is InChI=1S/C22H30N2O2/c1-16(2)21(18-11-13-19(26-5)14-12-18)22(25)23-15-20(24(3)4)17-9-7-6-8-10-17/h6-14,16,20-21H,15H2,1-5H3,(H,23,25). The van der Waals surface area contributed by atoms with Crippen LogP contribution in [0.4, 0.5) is 0 Å². The largest absolute Gasteiger partial charge is 0.497 e. The Hall–Kier alpha value is -2.33. The quantitative estimate of drug-likeness (QED) is 0.783. The second-order valence-corrected chi connectivity index (χ2v) is 7.13. The summed E-state index contributed by atoms with van der Waals surface area (Å²) in [7, 11) is 5.72. The number of nitrogens with zero attached hydrogens (tertiary/aromatic N) is 1. The van der Waals surface area contributed by atoms with Gasteiger partial charge in [0.15, 0.2) is 0 Å². The van der Waals surface area contributed by atoms with E-state index < -0.39 is 0 Å². The molecule has 0 heterocycles. The highest BCUT2D eigenvalue weighted by molar-refractivity contribution is 5.84. The average Bonchev–Trinajstić information content (AvgIpc) is 2.63. The maximum atomic E-state index is 12.9. The van der Waals surface area contributed by atoms with Gasteiger partial charge in [-0.1, -0.05) is 56.3 Å². The number of rotatable bonds is 8. The summed E-state index contributed by atoms with van der Waals surface area (Å²) in [6, 6.07) is 18.2. The van der Waals surface area contributed by atoms with Gasteiger partial charge in [0, 0.05) is 6.54 Å². The predicted octanol–water partition coefficient (Wildman–Crippen LogP) is 3.85. The lowest BCUT2D eigenvalue weighted by Gasteiger charge is -2.27. The first kappa shape index (κ1) is 20.0. The minimum atomic E-state index is -0.181. The third-order valence-corrected chi connectivity index (χ3v) is 4.70. The van der Waals surface area contributed by atoms with Crippen molar-refractivity contribution in [1.82, 2.24) is 10.2 Å². The number of benzene rings is 2. The van der Waals surface area contributed by atoms with E-state index in [-0.39, 0.29) is 23.8 Å². The van der Waals surface area contributed by atoms with Crippen molar-refractivity contribution in [2.75, 3.05) is 27.7 Å². The van der Waals surface area contributed by atoms with E-state index in [0.29, 0.717) is 6.54 Å². The van der Waals surface area contributed by atoms with Crippen LogP contribution in [-0.2, 0) is 4.79 Å². The number of nitrogens with one attached hydrogen (secondary N) is 1. The molecule has 0 aliphatic carbocycles. The average molecular weight is 354 g/mol. The van der Waals surface area contributed by atoms with Crippen LogP contribution in [0.3, 0.4) is 0 Å². The summed E-state index contributed by atoms with van der Waals surface area (Å²) in [6.07, 6.45) is 0. The molecule has 2 rings (SSSR count). The zero-order chi connectivity index (χ0) is 19.1. The van der Waals surface area contributed by atoms with Gasteiger partial charge in [-0.25, -0.2) is 0 Å². The highest BCUT2D eigenvalue weighted by Crippen LogP contribution is 2.27. The molecule has 4 nitrogen and oxygen atoms in total. The molecule has 140 valence electrons. The number of hydrogen-bond donors (Lipinski definition) is 1. The van der Waals surface area contributed by atoms with E-state index in [9.17, 15) is 4.79 Å². The molecular formula is C22H30N2O2. The van der Waals surface area contributed by atoms with Crippen LogP contribution in [0.1, 0.15) is 36.9 Å². The van der Waals surface area contributed by atoms with Crippen molar-refractivity contribution in [2.45, 2.75) is 25.8 Å². The Morgan fingerprint density at radius 3 is 2.12 bits per heavy atom. The molecule has 0 aliphatic rings. The molecule has 26 heavy (non-hydrogen) atoms. The van der Waals surface area contributed by atoms with Crippen LogP contribution in [0.2, 0.25) is 0 Å². The van der Waals surface area contributed by atoms with Crippen molar-refractivity contribution in [1.29, 1.82) is 0 Å². The molecule has 2 atom stereocenters. The molecule has 4 heteroatoms. The van der Waals surface area contributed by atoms with Gasteiger partial charge in [0.1, 0.15) is 5.75 Å². The highest BCUT2D eigenvalue weighted by atomic mass is 16.5. The van der Waals surface area contributed by atoms with Crippen LogP contribution >= 0.6 is 0 Å². The summed E-state index contributed by atoms with van der Waals surface area (Å²) < 4.78 is 5.22. The summed E-state index contributed by atoms with van der Waals surface area (Å²) in [5.74, 6) is 0.888. The number of ether oxygens (including phenoxy) is 1. The zero-order valence-corrected chi connectivity index (χ0v) is 16.4. The Morgan fingerprint density at radius 2 is 1.62 bits per heavy atom. The van der Waals surface area contributed by atoms with E-state index in [1.54, 1.807) is 7.11 Å². The lowest BCUT2D eigenvalue weighted by Crippen LogP contribution is -2.38. The molecule has 1 N–H and O–H groups in total. The molecule has 0 fully saturated rings. The molecule has 2 aromatic rings. The first-order valence-corrected chi connectivity index (χ1v) is 9.07. The molecule has 0 bridgehead atoms. The van der Waals surface area contributed by atoms with Crippen molar-refractivity contribution in [3.8, 4) is 5.75 Å². The summed E-state index contributed by atoms with van der Waals surface area (Å²) >= 11 is 0. The molecule has 0 saturated heterocycles. The summed E-state index contributed by atoms with van der Waals surface area (Å²) in [6.45, 7) is 4.74. The molecule has 2 aromatic carbocycles. The number of methoxy groups -OCH3 is 1. The van der Waals surface area contributed by atoms with Crippen LogP contribution in [0, 0.1) is 5.92 Å². The minimum Gasteiger partial charge on any atom is -0.497 e. The third kappa shape index (κ3) is 5.09. The molecule has 0 radical (unpaired) electrons. The van der Waals surface area contributed by atoms with Crippen LogP contribution in [0.5, 0.6) is 5.75 Å². The van der Waals surface area contributed by atoms with Gasteiger partial charge in [-0.05, 0) is 43.3 Å². The fourth-order valence-corrected chi connectivity index (χ4v) is 3.23. The fraction of sp³-hybridized carbons (Fsp3) is 0.409. The zero-order valence-electron chi connectivity index (χ0n) is 16.4. The lowest BCUT2D eigenvalue weighted by molar-refractivity contribution is -0.123. The van der Waals surface area contributed by atoms with Crippen molar-refractivity contribution in [2.24, 2.45) is 5.92 Å². The van der Waals surface area contributed by atoms with Gasteiger partial charge in [-0.2, -0.15) is 0 Å². The summed E-state index contributed by atoms with van der Waals surface area (Å²) in [5, 5.41) is 3.16. The van der Waals surface area contributed by atoms with Gasteiger partial charge < -0.3 is 15.0 Å². The van der Waals surface area contributed by atoms with Crippen LogP contribution in [0.15, 0.2) is 54.6 Å². The molecule has 0 saturated carbocycles. The summed E-state index contributed by atoms with van der Waals surface area (Å²) in [4.78, 5) is 15.1. The number of carbonyl (C=O) groups is 1. The van der Waals surface area contributed by atoms with E-state index in [2.05, 4.69) is 36.2 Å². The van der Waals surface area contributed by atoms with Gasteiger partial charge in [-0.15, -0.1) is 0 Å². The molecule has 0 aliphatic heterocycles. The van der Waals surface area contributed by atoms with Crippen molar-refractivity contribution < 1.29 is 9.53 Å². The van der Waals surface area contributed by atoms with Crippen LogP contribution < -0.4 is 10.1 Å². The topological polar surface area (TPSA) is 41.6 Å². The molecule has 1 amide bonds. The van der Waals surface area contributed by atoms with E-state index in [0.717, 1.165) is 11.3 Å². The number of carbonyl (C=O) groups excluding carboxylic acids is 1. The molecular weight excluding hydrogens is 324 g/mol. The maximum Gasteiger partial charge on any atom is 0.227 e. The molecule has 2 unspecified atom stereocenters. The Kier molecular flexibility index (Phi) is 7.22. The Labute approximate surface area is 157 Å². The van der Waals surface area contributed by atoms with Crippen LogP contribution in [0.25, 0.3) is 0 Å². The number of likely N-dealkylation sites (N-methyl/N-ethyl adjacent to an activating group) is 1. The second-order valence-electron chi connectivity index (χ2n) is 7.13. The Morgan fingerprint density at radius 1 is 1.00 bits per heavy atom. The van der Waals surface area contributed by atoms with E-state index in [1.807, 2.05) is 56.6 Å². The number of hydrogen-bond acceptors (Lipinski definition) is 3. The van der Waals surface area contributed by atoms with Gasteiger partial charge in [0.2, 0.25) is 5.91 Å². The van der Waals surface area contributed by atoms with E-state index in [4.69, 9.17) is 4.74 Å². The van der Waals surface area contributed by atoms with Gasteiger partial charge in [-0.3, -0.25) is 4.79 Å². The normalized spacial score (nSPS) is 13.5. The predicted molar refractivity (Wildman–Crippen MR) is 106 cm³/mol. The van der Waals surface area contributed by atoms with Crippen molar-refractivity contribution >= 4 is 5.91 Å². The SMILES string of the molecule is COc1ccc(C(C(=O)NCC(c2ccccc2)N(C)C)C(C)C)cc1. The highest BCUT2D eigenvalue weighted by Gasteiger charge is 2.25. The minimum absolute atomic E-state index is 0.0629. The summed E-state index contributed by atoms with van der Waals surface area (Å²) in [5.41, 5.74) is 2.21. The maximum absolute atomic E-state index is 12.9. The molecule has 0 aromatic heterocycles. The van der Waals surface area contributed by atoms with E-state index in [1.165, 1.54) is 5.56 Å². The smallest absolute Gasteiger partial charge is 0.227 e. The van der Waals surface area contributed by atoms with Crippen molar-refractivity contribution in [3.63, 3.8) is 0 Å². The van der Waals surface area contributed by atoms with E-state index >= 15 is 0 Å². The van der Waals surface area contributed by atoms with Crippen molar-refractivity contribution in [3.05, 3.63) is 65.7 Å². The van der Waals surface area contributed by atoms with Gasteiger partial charge in [0.25, 0.3) is 0 Å². The second kappa shape index (κ2) is 9.39. The first-order chi connectivity index (χ1) is 12.4. The monoisotopic (exact) mass is 354 g/mol. The first-order valence-electron chi connectivity index (χ1n) is 9.07. The van der Waals surface area contributed by atoms with Gasteiger partial charge in [0.05, 0.1) is 19.1 Å². The fourth-order valence-electron chi connectivity index (χ4n) is 3.23. The van der Waals surface area contributed by atoms with Gasteiger partial charge >= 0.3 is 0 Å². The third-order valence-electron chi connectivity index (χ3n) is 4.70. The lowest BCUT2D eigenvalue weighted by atomic mass is 9.87. The molecule has 0 spiro atoms. The Bertz CT molecular complexity index is 681. The Balaban J connectivity index is 2.11. The van der Waals surface area contributed by atoms with Crippen LogP contribution in [-0.4, -0.2) is 38.6 Å². The number of amides is 1.